The van der Waals surface area contributed by atoms with Crippen molar-refractivity contribution in [2.45, 2.75) is 19.5 Å². The molecule has 96 valence electrons. The number of aromatic nitrogens is 1. The number of alkyl halides is 3. The van der Waals surface area contributed by atoms with E-state index in [1.807, 2.05) is 0 Å². The third kappa shape index (κ3) is 3.20. The average Bonchev–Trinajstić information content (AvgIpc) is 2.27. The number of halogens is 3. The van der Waals surface area contributed by atoms with Crippen molar-refractivity contribution in [1.29, 1.82) is 5.26 Å². The molecule has 0 amide bonds. The van der Waals surface area contributed by atoms with Crippen LogP contribution in [-0.4, -0.2) is 17.6 Å². The number of nitriles is 1. The Kier molecular flexibility index (Phi) is 4.26. The second-order valence-electron chi connectivity index (χ2n) is 3.29. The molecule has 1 rings (SSSR count). The van der Waals surface area contributed by atoms with Crippen LogP contribution in [0.15, 0.2) is 12.3 Å². The number of carbonyl (C=O) groups excluding carboxylic acids is 1. The minimum atomic E-state index is -4.73. The second-order valence-corrected chi connectivity index (χ2v) is 3.29. The summed E-state index contributed by atoms with van der Waals surface area (Å²) in [5.41, 5.74) is -1.97. The van der Waals surface area contributed by atoms with Crippen molar-refractivity contribution < 1.29 is 22.7 Å². The lowest BCUT2D eigenvalue weighted by atomic mass is 10.0. The molecule has 0 fully saturated rings. The highest BCUT2D eigenvalue weighted by atomic mass is 19.4. The van der Waals surface area contributed by atoms with Crippen LogP contribution in [0.1, 0.15) is 23.7 Å². The largest absolute Gasteiger partial charge is 0.466 e. The normalized spacial score (nSPS) is 10.8. The van der Waals surface area contributed by atoms with Crippen molar-refractivity contribution in [3.8, 4) is 6.07 Å². The molecule has 0 unspecified atom stereocenters. The van der Waals surface area contributed by atoms with Crippen molar-refractivity contribution in [2.24, 2.45) is 0 Å². The maximum Gasteiger partial charge on any atom is 0.434 e. The molecule has 0 N–H and O–H groups in total. The Labute approximate surface area is 101 Å². The molecule has 0 atom stereocenters. The molecule has 0 aliphatic heterocycles. The maximum absolute atomic E-state index is 12.6. The molecule has 1 heterocycles. The van der Waals surface area contributed by atoms with Gasteiger partial charge in [-0.05, 0) is 18.6 Å². The predicted molar refractivity (Wildman–Crippen MR) is 54.3 cm³/mol. The Hall–Kier alpha value is -2.10. The van der Waals surface area contributed by atoms with Gasteiger partial charge >= 0.3 is 12.1 Å². The molecule has 1 aromatic heterocycles. The van der Waals surface area contributed by atoms with Crippen LogP contribution in [0.4, 0.5) is 13.2 Å². The number of ether oxygens (including phenoxy) is 1. The maximum atomic E-state index is 12.6. The van der Waals surface area contributed by atoms with Crippen molar-refractivity contribution in [2.75, 3.05) is 6.61 Å². The number of nitrogens with zero attached hydrogens (tertiary/aromatic N) is 2. The summed E-state index contributed by atoms with van der Waals surface area (Å²) in [6, 6.07) is 2.63. The standard InChI is InChI=1S/C11H9F3N2O2/c1-2-18-9(17)5-7-3-4-16-10(8(7)6-15)11(12,13)14/h3-4H,2,5H2,1H3. The highest BCUT2D eigenvalue weighted by Gasteiger charge is 2.36. The van der Waals surface area contributed by atoms with Crippen LogP contribution in [0.2, 0.25) is 0 Å². The zero-order valence-electron chi connectivity index (χ0n) is 9.41. The molecule has 0 aliphatic carbocycles. The van der Waals surface area contributed by atoms with Gasteiger partial charge in [0, 0.05) is 6.20 Å². The van der Waals surface area contributed by atoms with Crippen LogP contribution in [-0.2, 0) is 22.1 Å². The van der Waals surface area contributed by atoms with Crippen molar-refractivity contribution >= 4 is 5.97 Å². The number of hydrogen-bond acceptors (Lipinski definition) is 4. The molecule has 0 aromatic carbocycles. The molecule has 0 bridgehead atoms. The summed E-state index contributed by atoms with van der Waals surface area (Å²) in [4.78, 5) is 14.3. The Balaban J connectivity index is 3.15. The number of pyridine rings is 1. The lowest BCUT2D eigenvalue weighted by Gasteiger charge is -2.10. The van der Waals surface area contributed by atoms with Gasteiger partial charge < -0.3 is 4.74 Å². The lowest BCUT2D eigenvalue weighted by Crippen LogP contribution is -2.15. The third-order valence-corrected chi connectivity index (χ3v) is 2.06. The topological polar surface area (TPSA) is 63.0 Å². The van der Waals surface area contributed by atoms with Gasteiger partial charge in [-0.3, -0.25) is 9.78 Å². The lowest BCUT2D eigenvalue weighted by molar-refractivity contribution is -0.143. The summed E-state index contributed by atoms with van der Waals surface area (Å²) < 4.78 is 42.3. The molecule has 0 aliphatic rings. The minimum absolute atomic E-state index is 0.0433. The smallest absolute Gasteiger partial charge is 0.434 e. The Bertz CT molecular complexity index is 492. The fourth-order valence-electron chi connectivity index (χ4n) is 1.36. The highest BCUT2D eigenvalue weighted by Crippen LogP contribution is 2.31. The number of rotatable bonds is 3. The molecule has 0 saturated carbocycles. The number of hydrogen-bond donors (Lipinski definition) is 0. The predicted octanol–water partition coefficient (Wildman–Crippen LogP) is 2.08. The van der Waals surface area contributed by atoms with Crippen molar-refractivity contribution in [3.63, 3.8) is 0 Å². The van der Waals surface area contributed by atoms with E-state index in [9.17, 15) is 18.0 Å². The first-order valence-electron chi connectivity index (χ1n) is 5.01. The van der Waals surface area contributed by atoms with E-state index in [-0.39, 0.29) is 18.6 Å². The molecule has 0 spiro atoms. The molecular weight excluding hydrogens is 249 g/mol. The van der Waals surface area contributed by atoms with E-state index < -0.39 is 23.4 Å². The second kappa shape index (κ2) is 5.49. The third-order valence-electron chi connectivity index (χ3n) is 2.06. The fraction of sp³-hybridized carbons (Fsp3) is 0.364. The SMILES string of the molecule is CCOC(=O)Cc1ccnc(C(F)(F)F)c1C#N. The minimum Gasteiger partial charge on any atom is -0.466 e. The summed E-state index contributed by atoms with van der Waals surface area (Å²) in [7, 11) is 0. The van der Waals surface area contributed by atoms with Crippen LogP contribution in [0.5, 0.6) is 0 Å². The number of carbonyl (C=O) groups is 1. The van der Waals surface area contributed by atoms with Gasteiger partial charge in [0.1, 0.15) is 6.07 Å². The molecule has 1 aromatic rings. The molecule has 4 nitrogen and oxygen atoms in total. The summed E-state index contributed by atoms with van der Waals surface area (Å²) >= 11 is 0. The number of esters is 1. The van der Waals surface area contributed by atoms with Gasteiger partial charge in [-0.2, -0.15) is 18.4 Å². The zero-order chi connectivity index (χ0) is 13.8. The first-order valence-corrected chi connectivity index (χ1v) is 5.01. The van der Waals surface area contributed by atoms with Crippen LogP contribution >= 0.6 is 0 Å². The fourth-order valence-corrected chi connectivity index (χ4v) is 1.36. The van der Waals surface area contributed by atoms with E-state index >= 15 is 0 Å². The van der Waals surface area contributed by atoms with Crippen LogP contribution in [0.3, 0.4) is 0 Å². The molecular formula is C11H9F3N2O2. The van der Waals surface area contributed by atoms with Gasteiger partial charge in [0.05, 0.1) is 18.6 Å². The van der Waals surface area contributed by atoms with E-state index in [2.05, 4.69) is 9.72 Å². The highest BCUT2D eigenvalue weighted by molar-refractivity contribution is 5.73. The monoisotopic (exact) mass is 258 g/mol. The molecule has 18 heavy (non-hydrogen) atoms. The summed E-state index contributed by atoms with van der Waals surface area (Å²) in [6.45, 7) is 1.70. The van der Waals surface area contributed by atoms with E-state index in [1.165, 1.54) is 12.1 Å². The quantitative estimate of drug-likeness (QED) is 0.778. The van der Waals surface area contributed by atoms with Crippen molar-refractivity contribution in [3.05, 3.63) is 29.1 Å². The summed E-state index contributed by atoms with van der Waals surface area (Å²) in [5, 5.41) is 8.76. The average molecular weight is 258 g/mol. The first kappa shape index (κ1) is 14.0. The Morgan fingerprint density at radius 3 is 2.72 bits per heavy atom. The van der Waals surface area contributed by atoms with Crippen LogP contribution < -0.4 is 0 Å². The van der Waals surface area contributed by atoms with Gasteiger partial charge in [0.25, 0.3) is 0 Å². The van der Waals surface area contributed by atoms with Gasteiger partial charge in [-0.1, -0.05) is 0 Å². The van der Waals surface area contributed by atoms with Crippen LogP contribution in [0, 0.1) is 11.3 Å². The van der Waals surface area contributed by atoms with Crippen molar-refractivity contribution in [1.82, 2.24) is 4.98 Å². The summed E-state index contributed by atoms with van der Waals surface area (Å²) in [6.07, 6.45) is -4.20. The van der Waals surface area contributed by atoms with E-state index in [0.717, 1.165) is 6.20 Å². The van der Waals surface area contributed by atoms with Gasteiger partial charge in [-0.25, -0.2) is 0 Å². The zero-order valence-corrected chi connectivity index (χ0v) is 9.41. The molecule has 0 saturated heterocycles. The Morgan fingerprint density at radius 2 is 2.22 bits per heavy atom. The van der Waals surface area contributed by atoms with Crippen LogP contribution in [0.25, 0.3) is 0 Å². The van der Waals surface area contributed by atoms with Gasteiger partial charge in [0.15, 0.2) is 5.69 Å². The molecule has 0 radical (unpaired) electrons. The molecule has 7 heteroatoms. The Morgan fingerprint density at radius 1 is 1.56 bits per heavy atom. The van der Waals surface area contributed by atoms with Gasteiger partial charge in [0.2, 0.25) is 0 Å². The van der Waals surface area contributed by atoms with E-state index in [4.69, 9.17) is 5.26 Å². The summed E-state index contributed by atoms with van der Waals surface area (Å²) in [5.74, 6) is -0.687. The van der Waals surface area contributed by atoms with E-state index in [0.29, 0.717) is 0 Å². The van der Waals surface area contributed by atoms with E-state index in [1.54, 1.807) is 6.92 Å². The first-order chi connectivity index (χ1) is 8.40. The van der Waals surface area contributed by atoms with Gasteiger partial charge in [-0.15, -0.1) is 0 Å².